The van der Waals surface area contributed by atoms with Crippen LogP contribution in [0.25, 0.3) is 0 Å². The molecule has 0 unspecified atom stereocenters. The summed E-state index contributed by atoms with van der Waals surface area (Å²) in [6.07, 6.45) is 1.54. The third-order valence-electron chi connectivity index (χ3n) is 3.02. The summed E-state index contributed by atoms with van der Waals surface area (Å²) >= 11 is 0. The lowest BCUT2D eigenvalue weighted by Gasteiger charge is -2.34. The lowest BCUT2D eigenvalue weighted by atomic mass is 9.82. The average molecular weight is 257 g/mol. The third-order valence-corrected chi connectivity index (χ3v) is 3.02. The van der Waals surface area contributed by atoms with Gasteiger partial charge in [0.1, 0.15) is 0 Å². The van der Waals surface area contributed by atoms with E-state index in [1.165, 1.54) is 6.92 Å². The summed E-state index contributed by atoms with van der Waals surface area (Å²) in [7, 11) is 1.90. The Morgan fingerprint density at radius 2 is 1.89 bits per heavy atom. The van der Waals surface area contributed by atoms with Crippen LogP contribution in [-0.2, 0) is 9.59 Å². The van der Waals surface area contributed by atoms with Crippen molar-refractivity contribution in [2.24, 2.45) is 5.92 Å². The van der Waals surface area contributed by atoms with Crippen LogP contribution in [0, 0.1) is 5.92 Å². The molecule has 0 aliphatic heterocycles. The van der Waals surface area contributed by atoms with E-state index in [0.29, 0.717) is 25.6 Å². The minimum Gasteiger partial charge on any atom is -0.393 e. The average Bonchev–Trinajstić information content (AvgIpc) is 2.22. The molecule has 0 bridgehead atoms. The molecule has 0 radical (unpaired) electrons. The molecule has 1 aliphatic carbocycles. The van der Waals surface area contributed by atoms with Crippen LogP contribution in [0.4, 0.5) is 0 Å². The van der Waals surface area contributed by atoms with Gasteiger partial charge in [-0.3, -0.25) is 14.5 Å². The topological polar surface area (TPSA) is 81.7 Å². The van der Waals surface area contributed by atoms with Crippen LogP contribution in [0.15, 0.2) is 0 Å². The highest BCUT2D eigenvalue weighted by Gasteiger charge is 2.28. The Labute approximate surface area is 108 Å². The molecule has 1 aliphatic rings. The molecule has 0 heterocycles. The maximum atomic E-state index is 11.5. The minimum absolute atomic E-state index is 0.0391. The van der Waals surface area contributed by atoms with Gasteiger partial charge in [0.2, 0.25) is 11.8 Å². The summed E-state index contributed by atoms with van der Waals surface area (Å²) in [4.78, 5) is 24.1. The predicted molar refractivity (Wildman–Crippen MR) is 67.9 cm³/mol. The van der Waals surface area contributed by atoms with Gasteiger partial charge in [-0.05, 0) is 25.8 Å². The molecule has 0 spiro atoms. The van der Waals surface area contributed by atoms with Crippen LogP contribution in [0.1, 0.15) is 19.8 Å². The fourth-order valence-electron chi connectivity index (χ4n) is 2.10. The van der Waals surface area contributed by atoms with E-state index in [2.05, 4.69) is 10.6 Å². The maximum Gasteiger partial charge on any atom is 0.234 e. The third kappa shape index (κ3) is 5.97. The molecule has 0 aromatic carbocycles. The van der Waals surface area contributed by atoms with Gasteiger partial charge in [-0.25, -0.2) is 0 Å². The molecule has 2 amide bonds. The highest BCUT2D eigenvalue weighted by molar-refractivity contribution is 5.78. The molecule has 1 rings (SSSR count). The molecule has 0 aromatic heterocycles. The first-order chi connectivity index (χ1) is 8.47. The molecule has 1 fully saturated rings. The summed E-state index contributed by atoms with van der Waals surface area (Å²) in [5.74, 6) is 0.379. The highest BCUT2D eigenvalue weighted by Crippen LogP contribution is 2.27. The number of likely N-dealkylation sites (N-methyl/N-ethyl adjacent to an activating group) is 1. The number of rotatable bonds is 7. The summed E-state index contributed by atoms with van der Waals surface area (Å²) in [6.45, 7) is 3.56. The minimum atomic E-state index is -0.144. The van der Waals surface area contributed by atoms with Crippen LogP contribution < -0.4 is 10.6 Å². The second-order valence-electron chi connectivity index (χ2n) is 5.02. The lowest BCUT2D eigenvalue weighted by molar-refractivity contribution is -0.123. The number of carbonyl (C=O) groups is 2. The maximum absolute atomic E-state index is 11.5. The number of amides is 2. The van der Waals surface area contributed by atoms with Gasteiger partial charge in [0.05, 0.1) is 12.6 Å². The fraction of sp³-hybridized carbons (Fsp3) is 0.833. The summed E-state index contributed by atoms with van der Waals surface area (Å²) < 4.78 is 0. The molecule has 6 nitrogen and oxygen atoms in total. The fourth-order valence-corrected chi connectivity index (χ4v) is 2.10. The van der Waals surface area contributed by atoms with Crippen molar-refractivity contribution in [1.29, 1.82) is 0 Å². The Hall–Kier alpha value is -1.14. The SMILES string of the molecule is CC(=O)NCCNC(=O)CN(C)CC1CC(O)C1. The zero-order valence-electron chi connectivity index (χ0n) is 11.1. The molecule has 18 heavy (non-hydrogen) atoms. The van der Waals surface area contributed by atoms with Crippen LogP contribution in [0.5, 0.6) is 0 Å². The summed E-state index contributed by atoms with van der Waals surface area (Å²) in [5, 5.41) is 14.5. The van der Waals surface area contributed by atoms with E-state index in [9.17, 15) is 9.59 Å². The number of aliphatic hydroxyl groups is 1. The Morgan fingerprint density at radius 3 is 2.44 bits per heavy atom. The van der Waals surface area contributed by atoms with E-state index in [1.807, 2.05) is 11.9 Å². The Morgan fingerprint density at radius 1 is 1.28 bits per heavy atom. The smallest absolute Gasteiger partial charge is 0.234 e. The highest BCUT2D eigenvalue weighted by atomic mass is 16.3. The van der Waals surface area contributed by atoms with Crippen molar-refractivity contribution in [1.82, 2.24) is 15.5 Å². The monoisotopic (exact) mass is 257 g/mol. The molecule has 1 saturated carbocycles. The summed E-state index contributed by atoms with van der Waals surface area (Å²) in [6, 6.07) is 0. The van der Waals surface area contributed by atoms with E-state index in [0.717, 1.165) is 19.4 Å². The van der Waals surface area contributed by atoms with E-state index in [1.54, 1.807) is 0 Å². The van der Waals surface area contributed by atoms with Crippen LogP contribution in [-0.4, -0.2) is 61.2 Å². The number of hydrogen-bond acceptors (Lipinski definition) is 4. The second-order valence-corrected chi connectivity index (χ2v) is 5.02. The van der Waals surface area contributed by atoms with Crippen molar-refractivity contribution in [3.63, 3.8) is 0 Å². The molecular weight excluding hydrogens is 234 g/mol. The zero-order valence-corrected chi connectivity index (χ0v) is 11.1. The van der Waals surface area contributed by atoms with E-state index >= 15 is 0 Å². The number of nitrogens with zero attached hydrogens (tertiary/aromatic N) is 1. The van der Waals surface area contributed by atoms with E-state index in [4.69, 9.17) is 5.11 Å². The van der Waals surface area contributed by atoms with E-state index < -0.39 is 0 Å². The van der Waals surface area contributed by atoms with Gasteiger partial charge >= 0.3 is 0 Å². The molecule has 0 saturated heterocycles. The number of carbonyl (C=O) groups excluding carboxylic acids is 2. The quantitative estimate of drug-likeness (QED) is 0.508. The number of aliphatic hydroxyl groups excluding tert-OH is 1. The van der Waals surface area contributed by atoms with Gasteiger partial charge < -0.3 is 15.7 Å². The normalized spacial score (nSPS) is 22.4. The van der Waals surface area contributed by atoms with Gasteiger partial charge in [0.15, 0.2) is 0 Å². The van der Waals surface area contributed by atoms with Gasteiger partial charge in [-0.1, -0.05) is 0 Å². The first-order valence-electron chi connectivity index (χ1n) is 6.35. The molecule has 3 N–H and O–H groups in total. The molecular formula is C12H23N3O3. The van der Waals surface area contributed by atoms with Crippen molar-refractivity contribution in [2.75, 3.05) is 33.2 Å². The first kappa shape index (κ1) is 14.9. The van der Waals surface area contributed by atoms with Crippen LogP contribution >= 0.6 is 0 Å². The summed E-state index contributed by atoms with van der Waals surface area (Å²) in [5.41, 5.74) is 0. The van der Waals surface area contributed by atoms with Crippen LogP contribution in [0.3, 0.4) is 0 Å². The van der Waals surface area contributed by atoms with Crippen molar-refractivity contribution >= 4 is 11.8 Å². The second kappa shape index (κ2) is 7.33. The van der Waals surface area contributed by atoms with Crippen molar-refractivity contribution in [3.8, 4) is 0 Å². The molecule has 0 aromatic rings. The zero-order chi connectivity index (χ0) is 13.5. The van der Waals surface area contributed by atoms with Crippen molar-refractivity contribution in [3.05, 3.63) is 0 Å². The molecule has 0 atom stereocenters. The van der Waals surface area contributed by atoms with Crippen LogP contribution in [0.2, 0.25) is 0 Å². The first-order valence-corrected chi connectivity index (χ1v) is 6.35. The van der Waals surface area contributed by atoms with Gasteiger partial charge in [-0.2, -0.15) is 0 Å². The Kier molecular flexibility index (Phi) is 6.07. The Bertz CT molecular complexity index is 290. The lowest BCUT2D eigenvalue weighted by Crippen LogP contribution is -2.42. The van der Waals surface area contributed by atoms with E-state index in [-0.39, 0.29) is 17.9 Å². The predicted octanol–water partition coefficient (Wildman–Crippen LogP) is -1.06. The Balaban J connectivity index is 2.02. The van der Waals surface area contributed by atoms with Crippen molar-refractivity contribution in [2.45, 2.75) is 25.9 Å². The standard InChI is InChI=1S/C12H23N3O3/c1-9(16)13-3-4-14-12(18)8-15(2)7-10-5-11(17)6-10/h10-11,17H,3-8H2,1-2H3,(H,13,16)(H,14,18). The largest absolute Gasteiger partial charge is 0.393 e. The number of nitrogens with one attached hydrogen (secondary N) is 2. The van der Waals surface area contributed by atoms with Gasteiger partial charge in [0.25, 0.3) is 0 Å². The molecule has 6 heteroatoms. The number of hydrogen-bond donors (Lipinski definition) is 3. The van der Waals surface area contributed by atoms with Gasteiger partial charge in [0, 0.05) is 26.6 Å². The molecule has 104 valence electrons. The van der Waals surface area contributed by atoms with Crippen molar-refractivity contribution < 1.29 is 14.7 Å². The van der Waals surface area contributed by atoms with Gasteiger partial charge in [-0.15, -0.1) is 0 Å².